The zero-order valence-electron chi connectivity index (χ0n) is 10.1. The van der Waals surface area contributed by atoms with Gasteiger partial charge in [-0.05, 0) is 26.0 Å². The van der Waals surface area contributed by atoms with Gasteiger partial charge in [0.15, 0.2) is 0 Å². The van der Waals surface area contributed by atoms with Gasteiger partial charge in [0, 0.05) is 18.2 Å². The van der Waals surface area contributed by atoms with Gasteiger partial charge in [-0.1, -0.05) is 5.16 Å². The van der Waals surface area contributed by atoms with Crippen molar-refractivity contribution in [2.45, 2.75) is 19.3 Å². The molecule has 0 aliphatic heterocycles. The summed E-state index contributed by atoms with van der Waals surface area (Å²) in [5, 5.41) is 3.71. The average Bonchev–Trinajstić information content (AvgIpc) is 2.77. The first-order valence-corrected chi connectivity index (χ1v) is 5.43. The standard InChI is InChI=1S/C12H13F2N3O/c1-12(2,6-15)11-16-10(17-18-11)7-3-8(13)5-9(14)4-7/h3-5H,6,15H2,1-2H3. The fourth-order valence-corrected chi connectivity index (χ4v) is 1.39. The maximum Gasteiger partial charge on any atom is 0.233 e. The summed E-state index contributed by atoms with van der Waals surface area (Å²) >= 11 is 0. The number of aromatic nitrogens is 2. The van der Waals surface area contributed by atoms with Crippen LogP contribution < -0.4 is 5.73 Å². The lowest BCUT2D eigenvalue weighted by molar-refractivity contribution is 0.311. The summed E-state index contributed by atoms with van der Waals surface area (Å²) < 4.78 is 31.2. The summed E-state index contributed by atoms with van der Waals surface area (Å²) in [6, 6.07) is 3.08. The van der Waals surface area contributed by atoms with E-state index >= 15 is 0 Å². The summed E-state index contributed by atoms with van der Waals surface area (Å²) in [7, 11) is 0. The molecule has 6 heteroatoms. The molecule has 96 valence electrons. The van der Waals surface area contributed by atoms with E-state index in [9.17, 15) is 8.78 Å². The number of nitrogens with zero attached hydrogens (tertiary/aromatic N) is 2. The van der Waals surface area contributed by atoms with E-state index in [1.54, 1.807) is 0 Å². The molecule has 0 bridgehead atoms. The molecule has 0 fully saturated rings. The van der Waals surface area contributed by atoms with Gasteiger partial charge in [-0.3, -0.25) is 0 Å². The summed E-state index contributed by atoms with van der Waals surface area (Å²) in [6.07, 6.45) is 0. The Kier molecular flexibility index (Phi) is 3.13. The third-order valence-electron chi connectivity index (χ3n) is 2.64. The Morgan fingerprint density at radius 1 is 1.22 bits per heavy atom. The molecule has 1 aromatic heterocycles. The van der Waals surface area contributed by atoms with Crippen LogP contribution in [0.2, 0.25) is 0 Å². The van der Waals surface area contributed by atoms with Gasteiger partial charge in [0.25, 0.3) is 0 Å². The first kappa shape index (κ1) is 12.6. The second kappa shape index (κ2) is 4.45. The van der Waals surface area contributed by atoms with Crippen molar-refractivity contribution in [3.05, 3.63) is 35.7 Å². The van der Waals surface area contributed by atoms with Crippen LogP contribution in [-0.4, -0.2) is 16.7 Å². The maximum atomic E-state index is 13.1. The Bertz CT molecular complexity index is 546. The van der Waals surface area contributed by atoms with Gasteiger partial charge in [0.1, 0.15) is 11.6 Å². The Hall–Kier alpha value is -1.82. The Morgan fingerprint density at radius 3 is 2.39 bits per heavy atom. The lowest BCUT2D eigenvalue weighted by Gasteiger charge is -2.15. The van der Waals surface area contributed by atoms with Crippen LogP contribution in [0.5, 0.6) is 0 Å². The van der Waals surface area contributed by atoms with Gasteiger partial charge < -0.3 is 10.3 Å². The van der Waals surface area contributed by atoms with Crippen LogP contribution in [0.4, 0.5) is 8.78 Å². The summed E-state index contributed by atoms with van der Waals surface area (Å²) in [5.41, 5.74) is 5.34. The van der Waals surface area contributed by atoms with E-state index in [2.05, 4.69) is 10.1 Å². The van der Waals surface area contributed by atoms with Crippen molar-refractivity contribution in [1.82, 2.24) is 10.1 Å². The summed E-state index contributed by atoms with van der Waals surface area (Å²) in [5.74, 6) is -0.890. The Morgan fingerprint density at radius 2 is 1.83 bits per heavy atom. The van der Waals surface area contributed by atoms with E-state index in [4.69, 9.17) is 10.3 Å². The van der Waals surface area contributed by atoms with Crippen molar-refractivity contribution in [3.63, 3.8) is 0 Å². The lowest BCUT2D eigenvalue weighted by Crippen LogP contribution is -2.28. The number of nitrogens with two attached hydrogens (primary N) is 1. The third kappa shape index (κ3) is 2.38. The minimum atomic E-state index is -0.686. The molecule has 0 unspecified atom stereocenters. The zero-order chi connectivity index (χ0) is 13.3. The van der Waals surface area contributed by atoms with Crippen LogP contribution in [0.3, 0.4) is 0 Å². The van der Waals surface area contributed by atoms with E-state index in [0.717, 1.165) is 18.2 Å². The topological polar surface area (TPSA) is 64.9 Å². The molecule has 2 N–H and O–H groups in total. The molecule has 0 aliphatic carbocycles. The van der Waals surface area contributed by atoms with E-state index in [1.807, 2.05) is 13.8 Å². The molecular weight excluding hydrogens is 240 g/mol. The maximum absolute atomic E-state index is 13.1. The fraction of sp³-hybridized carbons (Fsp3) is 0.333. The Balaban J connectivity index is 2.41. The first-order valence-electron chi connectivity index (χ1n) is 5.43. The number of halogens is 2. The largest absolute Gasteiger partial charge is 0.338 e. The summed E-state index contributed by atoms with van der Waals surface area (Å²) in [4.78, 5) is 4.11. The highest BCUT2D eigenvalue weighted by molar-refractivity contribution is 5.54. The quantitative estimate of drug-likeness (QED) is 0.911. The highest BCUT2D eigenvalue weighted by atomic mass is 19.1. The predicted molar refractivity (Wildman–Crippen MR) is 61.7 cm³/mol. The molecule has 1 aromatic carbocycles. The Labute approximate surface area is 103 Å². The molecule has 0 aliphatic rings. The molecule has 18 heavy (non-hydrogen) atoms. The summed E-state index contributed by atoms with van der Waals surface area (Å²) in [6.45, 7) is 4.01. The average molecular weight is 253 g/mol. The van der Waals surface area contributed by atoms with Crippen LogP contribution >= 0.6 is 0 Å². The monoisotopic (exact) mass is 253 g/mol. The molecule has 0 atom stereocenters. The van der Waals surface area contributed by atoms with Crippen molar-refractivity contribution >= 4 is 0 Å². The van der Waals surface area contributed by atoms with E-state index in [-0.39, 0.29) is 11.4 Å². The van der Waals surface area contributed by atoms with E-state index in [1.165, 1.54) is 0 Å². The van der Waals surface area contributed by atoms with Crippen molar-refractivity contribution in [3.8, 4) is 11.4 Å². The third-order valence-corrected chi connectivity index (χ3v) is 2.64. The SMILES string of the molecule is CC(C)(CN)c1nc(-c2cc(F)cc(F)c2)no1. The smallest absolute Gasteiger partial charge is 0.233 e. The molecule has 0 spiro atoms. The van der Waals surface area contributed by atoms with Crippen LogP contribution in [-0.2, 0) is 5.41 Å². The number of hydrogen-bond acceptors (Lipinski definition) is 4. The molecule has 1 heterocycles. The molecule has 0 saturated heterocycles. The molecule has 0 saturated carbocycles. The zero-order valence-corrected chi connectivity index (χ0v) is 10.1. The van der Waals surface area contributed by atoms with Gasteiger partial charge >= 0.3 is 0 Å². The normalized spacial score (nSPS) is 11.8. The highest BCUT2D eigenvalue weighted by Gasteiger charge is 2.26. The molecule has 0 radical (unpaired) electrons. The first-order chi connectivity index (χ1) is 8.42. The number of hydrogen-bond donors (Lipinski definition) is 1. The second-order valence-corrected chi connectivity index (χ2v) is 4.67. The van der Waals surface area contributed by atoms with Crippen molar-refractivity contribution in [2.24, 2.45) is 5.73 Å². The lowest BCUT2D eigenvalue weighted by atomic mass is 9.94. The van der Waals surface area contributed by atoms with E-state index in [0.29, 0.717) is 12.4 Å². The molecule has 0 amide bonds. The second-order valence-electron chi connectivity index (χ2n) is 4.67. The minimum absolute atomic E-state index is 0.143. The van der Waals surface area contributed by atoms with Gasteiger partial charge in [-0.25, -0.2) is 8.78 Å². The molecule has 2 rings (SSSR count). The van der Waals surface area contributed by atoms with Crippen molar-refractivity contribution in [1.29, 1.82) is 0 Å². The van der Waals surface area contributed by atoms with Crippen LogP contribution in [0.25, 0.3) is 11.4 Å². The van der Waals surface area contributed by atoms with Gasteiger partial charge in [0.05, 0.1) is 5.41 Å². The highest BCUT2D eigenvalue weighted by Crippen LogP contribution is 2.24. The fourth-order valence-electron chi connectivity index (χ4n) is 1.39. The van der Waals surface area contributed by atoms with Gasteiger partial charge in [-0.2, -0.15) is 4.98 Å². The molecular formula is C12H13F2N3O. The number of benzene rings is 1. The van der Waals surface area contributed by atoms with Crippen LogP contribution in [0.1, 0.15) is 19.7 Å². The van der Waals surface area contributed by atoms with Gasteiger partial charge in [-0.15, -0.1) is 0 Å². The number of rotatable bonds is 3. The van der Waals surface area contributed by atoms with Crippen molar-refractivity contribution in [2.75, 3.05) is 6.54 Å². The van der Waals surface area contributed by atoms with Crippen molar-refractivity contribution < 1.29 is 13.3 Å². The predicted octanol–water partition coefficient (Wildman–Crippen LogP) is 2.25. The molecule has 4 nitrogen and oxygen atoms in total. The molecule has 2 aromatic rings. The minimum Gasteiger partial charge on any atom is -0.338 e. The van der Waals surface area contributed by atoms with Gasteiger partial charge in [0.2, 0.25) is 11.7 Å². The van der Waals surface area contributed by atoms with Crippen LogP contribution in [0.15, 0.2) is 22.7 Å². The van der Waals surface area contributed by atoms with E-state index < -0.39 is 17.0 Å². The van der Waals surface area contributed by atoms with Crippen LogP contribution in [0, 0.1) is 11.6 Å².